The van der Waals surface area contributed by atoms with Crippen LogP contribution in [0, 0.1) is 23.2 Å². The van der Waals surface area contributed by atoms with Gasteiger partial charge in [-0.3, -0.25) is 9.59 Å². The molecule has 1 aromatic carbocycles. The summed E-state index contributed by atoms with van der Waals surface area (Å²) in [6.07, 6.45) is 5.74. The molecule has 2 aliphatic carbocycles. The third-order valence-electron chi connectivity index (χ3n) is 7.72. The molecule has 0 radical (unpaired) electrons. The third-order valence-corrected chi connectivity index (χ3v) is 7.72. The highest BCUT2D eigenvalue weighted by Crippen LogP contribution is 2.74. The molecule has 5 nitrogen and oxygen atoms in total. The number of fused-ring (bicyclic) bond motifs is 3. The van der Waals surface area contributed by atoms with Crippen LogP contribution in [0.4, 0.5) is 0 Å². The zero-order valence-electron chi connectivity index (χ0n) is 17.1. The Bertz CT molecular complexity index is 842. The number of phenols is 2. The van der Waals surface area contributed by atoms with Crippen LogP contribution in [0.5, 0.6) is 17.2 Å². The Balaban J connectivity index is 1.88. The van der Waals surface area contributed by atoms with Crippen LogP contribution in [0.25, 0.3) is 0 Å². The molecule has 0 bridgehead atoms. The van der Waals surface area contributed by atoms with Gasteiger partial charge in [-0.05, 0) is 55.3 Å². The van der Waals surface area contributed by atoms with Crippen LogP contribution >= 0.6 is 0 Å². The predicted molar refractivity (Wildman–Crippen MR) is 105 cm³/mol. The molecule has 2 N–H and O–H groups in total. The maximum Gasteiger partial charge on any atom is 0.157 e. The average Bonchev–Trinajstić information content (AvgIpc) is 3.30. The Morgan fingerprint density at radius 3 is 2.21 bits per heavy atom. The molecule has 4 atom stereocenters. The minimum Gasteiger partial charge on any atom is -0.507 e. The van der Waals surface area contributed by atoms with E-state index in [9.17, 15) is 19.8 Å². The van der Waals surface area contributed by atoms with Crippen LogP contribution in [0.3, 0.4) is 0 Å². The third kappa shape index (κ3) is 2.44. The first-order chi connectivity index (χ1) is 13.2. The van der Waals surface area contributed by atoms with Gasteiger partial charge in [-0.25, -0.2) is 0 Å². The summed E-state index contributed by atoms with van der Waals surface area (Å²) in [5, 5.41) is 21.2. The summed E-state index contributed by atoms with van der Waals surface area (Å²) in [5.74, 6) is 0.968. The molecule has 0 amide bonds. The number of benzene rings is 1. The van der Waals surface area contributed by atoms with Crippen molar-refractivity contribution in [2.24, 2.45) is 23.2 Å². The summed E-state index contributed by atoms with van der Waals surface area (Å²) in [5.41, 5.74) is 0.252. The summed E-state index contributed by atoms with van der Waals surface area (Å²) < 4.78 is 6.54. The van der Waals surface area contributed by atoms with Crippen LogP contribution in [0.2, 0.25) is 0 Å². The van der Waals surface area contributed by atoms with Crippen LogP contribution in [0.15, 0.2) is 0 Å². The number of aromatic hydroxyl groups is 2. The lowest BCUT2D eigenvalue weighted by molar-refractivity contribution is 0.0145. The van der Waals surface area contributed by atoms with E-state index in [0.717, 1.165) is 32.1 Å². The Hall–Kier alpha value is -2.04. The zero-order chi connectivity index (χ0) is 20.4. The van der Waals surface area contributed by atoms with Gasteiger partial charge in [0.2, 0.25) is 0 Å². The van der Waals surface area contributed by atoms with Gasteiger partial charge in [-0.1, -0.05) is 27.7 Å². The second kappa shape index (κ2) is 6.23. The molecule has 0 saturated heterocycles. The van der Waals surface area contributed by atoms with Gasteiger partial charge in [-0.15, -0.1) is 0 Å². The molecule has 0 unspecified atom stereocenters. The Morgan fingerprint density at radius 1 is 1.04 bits per heavy atom. The number of ether oxygens (including phenoxy) is 1. The molecular formula is C23H30O5. The molecule has 1 aromatic rings. The first-order valence-electron chi connectivity index (χ1n) is 10.4. The van der Waals surface area contributed by atoms with Crippen LogP contribution in [-0.2, 0) is 0 Å². The van der Waals surface area contributed by atoms with Crippen LogP contribution in [-0.4, -0.2) is 28.4 Å². The molecule has 28 heavy (non-hydrogen) atoms. The van der Waals surface area contributed by atoms with Crippen LogP contribution < -0.4 is 4.74 Å². The van der Waals surface area contributed by atoms with Gasteiger partial charge in [0.15, 0.2) is 12.6 Å². The van der Waals surface area contributed by atoms with Crippen molar-refractivity contribution in [2.75, 3.05) is 0 Å². The van der Waals surface area contributed by atoms with E-state index >= 15 is 0 Å². The standard InChI is InChI=1S/C23H30O5/c1-12(2)7-14-8-23(6-5-22(13(3)4)9-17(22)23)28-21-16(11-25)19(26)15(10-24)20(27)18(14)21/h10-14,17,26-27H,5-9H2,1-4H3/t14-,17-,22+,23+/m0/s1. The highest BCUT2D eigenvalue weighted by Gasteiger charge is 2.71. The van der Waals surface area contributed by atoms with E-state index in [4.69, 9.17) is 4.74 Å². The van der Waals surface area contributed by atoms with Crippen molar-refractivity contribution >= 4 is 12.6 Å². The van der Waals surface area contributed by atoms with Gasteiger partial charge >= 0.3 is 0 Å². The number of phenolic OH excluding ortho intramolecular Hbond substituents is 2. The molecule has 4 rings (SSSR count). The Labute approximate surface area is 166 Å². The second-order valence-corrected chi connectivity index (χ2v) is 9.85. The van der Waals surface area contributed by atoms with Gasteiger partial charge in [0.1, 0.15) is 22.8 Å². The highest BCUT2D eigenvalue weighted by atomic mass is 16.5. The zero-order valence-corrected chi connectivity index (χ0v) is 17.1. The maximum absolute atomic E-state index is 11.8. The summed E-state index contributed by atoms with van der Waals surface area (Å²) in [6.45, 7) is 8.80. The first kappa shape index (κ1) is 19.3. The summed E-state index contributed by atoms with van der Waals surface area (Å²) in [6, 6.07) is 0. The number of hydrogen-bond donors (Lipinski definition) is 2. The van der Waals surface area contributed by atoms with Crippen molar-refractivity contribution < 1.29 is 24.5 Å². The Morgan fingerprint density at radius 2 is 1.71 bits per heavy atom. The molecule has 2 saturated carbocycles. The van der Waals surface area contributed by atoms with Gasteiger partial charge in [0.25, 0.3) is 0 Å². The quantitative estimate of drug-likeness (QED) is 0.708. The minimum atomic E-state index is -0.481. The van der Waals surface area contributed by atoms with Gasteiger partial charge in [0, 0.05) is 11.5 Å². The molecule has 1 heterocycles. The topological polar surface area (TPSA) is 83.8 Å². The molecule has 1 spiro atoms. The summed E-state index contributed by atoms with van der Waals surface area (Å²) in [7, 11) is 0. The van der Waals surface area contributed by atoms with Crippen molar-refractivity contribution in [1.82, 2.24) is 0 Å². The van der Waals surface area contributed by atoms with E-state index in [1.807, 2.05) is 0 Å². The first-order valence-corrected chi connectivity index (χ1v) is 10.4. The smallest absolute Gasteiger partial charge is 0.157 e. The largest absolute Gasteiger partial charge is 0.507 e. The molecule has 3 aliphatic rings. The minimum absolute atomic E-state index is 0.00886. The fourth-order valence-corrected chi connectivity index (χ4v) is 6.23. The van der Waals surface area contributed by atoms with E-state index in [2.05, 4.69) is 27.7 Å². The van der Waals surface area contributed by atoms with Crippen molar-refractivity contribution in [3.05, 3.63) is 16.7 Å². The number of rotatable bonds is 5. The van der Waals surface area contributed by atoms with Crippen molar-refractivity contribution in [1.29, 1.82) is 0 Å². The lowest BCUT2D eigenvalue weighted by Crippen LogP contribution is -2.42. The molecule has 5 heteroatoms. The fraction of sp³-hybridized carbons (Fsp3) is 0.652. The van der Waals surface area contributed by atoms with E-state index in [-0.39, 0.29) is 28.4 Å². The van der Waals surface area contributed by atoms with Crippen LogP contribution in [0.1, 0.15) is 92.0 Å². The number of hydrogen-bond acceptors (Lipinski definition) is 5. The number of carbonyl (C=O) groups excluding carboxylic acids is 2. The molecule has 0 aromatic heterocycles. The molecule has 2 fully saturated rings. The van der Waals surface area contributed by atoms with Gasteiger partial charge in [0.05, 0.1) is 11.1 Å². The van der Waals surface area contributed by atoms with Crippen molar-refractivity contribution in [3.63, 3.8) is 0 Å². The fourth-order valence-electron chi connectivity index (χ4n) is 6.23. The Kier molecular flexibility index (Phi) is 4.29. The molecule has 1 aliphatic heterocycles. The summed E-state index contributed by atoms with van der Waals surface area (Å²) >= 11 is 0. The second-order valence-electron chi connectivity index (χ2n) is 9.85. The monoisotopic (exact) mass is 386 g/mol. The average molecular weight is 386 g/mol. The van der Waals surface area contributed by atoms with E-state index in [0.29, 0.717) is 47.1 Å². The number of aldehydes is 2. The van der Waals surface area contributed by atoms with Crippen molar-refractivity contribution in [2.45, 2.75) is 71.3 Å². The lowest BCUT2D eigenvalue weighted by Gasteiger charge is -2.43. The van der Waals surface area contributed by atoms with E-state index in [1.165, 1.54) is 0 Å². The molecule has 152 valence electrons. The summed E-state index contributed by atoms with van der Waals surface area (Å²) in [4.78, 5) is 23.3. The SMILES string of the molecule is CC(C)C[C@H]1C[C@@]2(CC[C@]3(C(C)C)C[C@H]23)Oc2c(C=O)c(O)c(C=O)c(O)c21. The number of carbonyl (C=O) groups is 2. The molecular weight excluding hydrogens is 356 g/mol. The van der Waals surface area contributed by atoms with Gasteiger partial charge in [-0.2, -0.15) is 0 Å². The normalized spacial score (nSPS) is 32.9. The maximum atomic E-state index is 11.8. The van der Waals surface area contributed by atoms with Crippen molar-refractivity contribution in [3.8, 4) is 17.2 Å². The van der Waals surface area contributed by atoms with E-state index < -0.39 is 5.75 Å². The highest BCUT2D eigenvalue weighted by molar-refractivity contribution is 5.95. The lowest BCUT2D eigenvalue weighted by atomic mass is 9.75. The van der Waals surface area contributed by atoms with E-state index in [1.54, 1.807) is 0 Å². The predicted octanol–water partition coefficient (Wildman–Crippen LogP) is 4.83. The van der Waals surface area contributed by atoms with Gasteiger partial charge < -0.3 is 14.9 Å².